The van der Waals surface area contributed by atoms with Gasteiger partial charge in [0.25, 0.3) is 0 Å². The molecule has 0 bridgehead atoms. The van der Waals surface area contributed by atoms with Gasteiger partial charge in [-0.3, -0.25) is 0 Å². The van der Waals surface area contributed by atoms with Crippen molar-refractivity contribution in [2.45, 2.75) is 51.7 Å². The molecule has 0 aromatic rings. The Labute approximate surface area is 92.8 Å². The minimum absolute atomic E-state index is 0.00702. The summed E-state index contributed by atoms with van der Waals surface area (Å²) in [5.41, 5.74) is -0.00702. The lowest BCUT2D eigenvalue weighted by Crippen LogP contribution is -2.41. The number of hydrogen-bond donors (Lipinski definition) is 0. The molecule has 90 valence electrons. The van der Waals surface area contributed by atoms with Crippen molar-refractivity contribution in [3.05, 3.63) is 0 Å². The van der Waals surface area contributed by atoms with Gasteiger partial charge < -0.3 is 9.64 Å². The van der Waals surface area contributed by atoms with E-state index in [1.807, 2.05) is 0 Å². The van der Waals surface area contributed by atoms with Crippen molar-refractivity contribution in [1.29, 1.82) is 0 Å². The van der Waals surface area contributed by atoms with Crippen LogP contribution in [0.3, 0.4) is 0 Å². The van der Waals surface area contributed by atoms with E-state index in [0.29, 0.717) is 12.6 Å². The van der Waals surface area contributed by atoms with E-state index < -0.39 is 0 Å². The van der Waals surface area contributed by atoms with Crippen LogP contribution in [0.1, 0.15) is 40.0 Å². The van der Waals surface area contributed by atoms with Gasteiger partial charge >= 0.3 is 0 Å². The Morgan fingerprint density at radius 3 is 2.40 bits per heavy atom. The maximum Gasteiger partial charge on any atom is 0.102 e. The second kappa shape index (κ2) is 5.80. The third kappa shape index (κ3) is 4.47. The average molecular weight is 217 g/mol. The molecule has 1 aliphatic heterocycles. The first kappa shape index (κ1) is 12.9. The number of likely N-dealkylation sites (tertiary alicyclic amines) is 1. The van der Waals surface area contributed by atoms with E-state index >= 15 is 0 Å². The molecule has 2 nitrogen and oxygen atoms in total. The van der Waals surface area contributed by atoms with E-state index in [1.54, 1.807) is 0 Å². The molecule has 0 spiro atoms. The van der Waals surface area contributed by atoms with Crippen LogP contribution in [0.25, 0.3) is 0 Å². The Hall–Kier alpha value is -0.150. The summed E-state index contributed by atoms with van der Waals surface area (Å²) in [5.74, 6) is 0. The topological polar surface area (TPSA) is 12.5 Å². The predicted molar refractivity (Wildman–Crippen MR) is 60.9 cm³/mol. The van der Waals surface area contributed by atoms with E-state index in [4.69, 9.17) is 4.74 Å². The smallest absolute Gasteiger partial charge is 0.102 e. The normalized spacial score (nSPS) is 20.8. The Morgan fingerprint density at radius 2 is 1.93 bits per heavy atom. The summed E-state index contributed by atoms with van der Waals surface area (Å²) >= 11 is 0. The first-order valence-corrected chi connectivity index (χ1v) is 6.03. The van der Waals surface area contributed by atoms with E-state index in [2.05, 4.69) is 25.7 Å². The van der Waals surface area contributed by atoms with Crippen LogP contribution in [0.2, 0.25) is 0 Å². The van der Waals surface area contributed by atoms with Crippen LogP contribution in [-0.4, -0.2) is 42.9 Å². The molecule has 1 saturated heterocycles. The van der Waals surface area contributed by atoms with Gasteiger partial charge in [0.2, 0.25) is 0 Å². The van der Waals surface area contributed by atoms with Gasteiger partial charge in [0.05, 0.1) is 11.7 Å². The molecule has 0 N–H and O–H groups in total. The maximum atomic E-state index is 12.1. The molecule has 1 heterocycles. The number of halogens is 1. The minimum atomic E-state index is -0.230. The van der Waals surface area contributed by atoms with Gasteiger partial charge in [-0.15, -0.1) is 0 Å². The van der Waals surface area contributed by atoms with Crippen LogP contribution < -0.4 is 0 Å². The lowest BCUT2D eigenvalue weighted by molar-refractivity contribution is -0.0938. The van der Waals surface area contributed by atoms with E-state index in [-0.39, 0.29) is 12.3 Å². The van der Waals surface area contributed by atoms with E-state index in [9.17, 15) is 4.39 Å². The van der Waals surface area contributed by atoms with E-state index in [0.717, 1.165) is 32.4 Å². The fourth-order valence-electron chi connectivity index (χ4n) is 1.90. The molecule has 0 aliphatic carbocycles. The Kier molecular flexibility index (Phi) is 5.00. The molecule has 1 aliphatic rings. The fourth-order valence-corrected chi connectivity index (χ4v) is 1.90. The summed E-state index contributed by atoms with van der Waals surface area (Å²) in [5, 5.41) is 0. The van der Waals surface area contributed by atoms with Gasteiger partial charge in [0.1, 0.15) is 6.67 Å². The molecule has 1 rings (SSSR count). The summed E-state index contributed by atoms with van der Waals surface area (Å²) in [6.45, 7) is 8.75. The molecule has 3 heteroatoms. The van der Waals surface area contributed by atoms with Crippen LogP contribution in [0.5, 0.6) is 0 Å². The molecule has 0 radical (unpaired) electrons. The molecule has 0 unspecified atom stereocenters. The van der Waals surface area contributed by atoms with Crippen molar-refractivity contribution in [2.75, 3.05) is 26.3 Å². The highest BCUT2D eigenvalue weighted by Crippen LogP contribution is 2.22. The number of piperidine rings is 1. The zero-order chi connectivity index (χ0) is 11.3. The fraction of sp³-hybridized carbons (Fsp3) is 1.00. The van der Waals surface area contributed by atoms with Crippen molar-refractivity contribution in [3.8, 4) is 0 Å². The molecule has 0 atom stereocenters. The molecule has 0 amide bonds. The predicted octanol–water partition coefficient (Wildman–Crippen LogP) is 2.63. The monoisotopic (exact) mass is 217 g/mol. The van der Waals surface area contributed by atoms with Crippen molar-refractivity contribution in [1.82, 2.24) is 4.90 Å². The molecule has 1 fully saturated rings. The van der Waals surface area contributed by atoms with Gasteiger partial charge in [-0.05, 0) is 33.1 Å². The Bertz CT molecular complexity index is 176. The number of hydrogen-bond acceptors (Lipinski definition) is 2. The maximum absolute atomic E-state index is 12.1. The van der Waals surface area contributed by atoms with Crippen molar-refractivity contribution in [2.24, 2.45) is 0 Å². The van der Waals surface area contributed by atoms with Crippen LogP contribution in [0.15, 0.2) is 0 Å². The highest BCUT2D eigenvalue weighted by atomic mass is 19.1. The average Bonchev–Trinajstić information content (AvgIpc) is 2.21. The minimum Gasteiger partial charge on any atom is -0.372 e. The van der Waals surface area contributed by atoms with Gasteiger partial charge in [0, 0.05) is 19.6 Å². The Balaban J connectivity index is 2.25. The summed E-state index contributed by atoms with van der Waals surface area (Å²) in [6, 6.07) is 0. The lowest BCUT2D eigenvalue weighted by atomic mass is 10.0. The number of rotatable bonds is 5. The lowest BCUT2D eigenvalue weighted by Gasteiger charge is -2.36. The first-order chi connectivity index (χ1) is 7.07. The highest BCUT2D eigenvalue weighted by molar-refractivity contribution is 4.76. The number of nitrogens with zero attached hydrogens (tertiary/aromatic N) is 1. The highest BCUT2D eigenvalue weighted by Gasteiger charge is 2.25. The molecule has 0 aromatic carbocycles. The molecule has 0 aromatic heterocycles. The number of alkyl halides is 1. The van der Waals surface area contributed by atoms with Crippen molar-refractivity contribution >= 4 is 0 Å². The quantitative estimate of drug-likeness (QED) is 0.702. The summed E-state index contributed by atoms with van der Waals surface area (Å²) in [6.07, 6.45) is 3.50. The van der Waals surface area contributed by atoms with Gasteiger partial charge in [-0.1, -0.05) is 6.92 Å². The standard InChI is InChI=1S/C12H24FNO/c1-4-12(2,3)15-11-5-8-14(9-6-11)10-7-13/h11H,4-10H2,1-3H3. The third-order valence-corrected chi connectivity index (χ3v) is 3.27. The van der Waals surface area contributed by atoms with Gasteiger partial charge in [-0.2, -0.15) is 0 Å². The van der Waals surface area contributed by atoms with E-state index in [1.165, 1.54) is 0 Å². The first-order valence-electron chi connectivity index (χ1n) is 6.03. The Morgan fingerprint density at radius 1 is 1.33 bits per heavy atom. The molecular weight excluding hydrogens is 193 g/mol. The van der Waals surface area contributed by atoms with Crippen LogP contribution >= 0.6 is 0 Å². The zero-order valence-electron chi connectivity index (χ0n) is 10.3. The molecule has 15 heavy (non-hydrogen) atoms. The second-order valence-electron chi connectivity index (χ2n) is 4.96. The summed E-state index contributed by atoms with van der Waals surface area (Å²) in [4.78, 5) is 2.18. The third-order valence-electron chi connectivity index (χ3n) is 3.27. The van der Waals surface area contributed by atoms with Crippen LogP contribution in [0, 0.1) is 0 Å². The van der Waals surface area contributed by atoms with Crippen molar-refractivity contribution in [3.63, 3.8) is 0 Å². The zero-order valence-corrected chi connectivity index (χ0v) is 10.3. The molecule has 0 saturated carbocycles. The summed E-state index contributed by atoms with van der Waals surface area (Å²) in [7, 11) is 0. The van der Waals surface area contributed by atoms with Crippen LogP contribution in [0.4, 0.5) is 4.39 Å². The summed E-state index contributed by atoms with van der Waals surface area (Å²) < 4.78 is 18.2. The number of ether oxygens (including phenoxy) is 1. The van der Waals surface area contributed by atoms with Crippen LogP contribution in [-0.2, 0) is 4.74 Å². The van der Waals surface area contributed by atoms with Crippen molar-refractivity contribution < 1.29 is 9.13 Å². The largest absolute Gasteiger partial charge is 0.372 e. The second-order valence-corrected chi connectivity index (χ2v) is 4.96. The van der Waals surface area contributed by atoms with Gasteiger partial charge in [-0.25, -0.2) is 4.39 Å². The molecular formula is C12H24FNO. The van der Waals surface area contributed by atoms with Gasteiger partial charge in [0.15, 0.2) is 0 Å². The SMILES string of the molecule is CCC(C)(C)OC1CCN(CCF)CC1.